The Hall–Kier alpha value is -2.28. The fraction of sp³-hybridized carbons (Fsp3) is 0.481. The fourth-order valence-electron chi connectivity index (χ4n) is 4.89. The Bertz CT molecular complexity index is 1100. The Morgan fingerprint density at radius 1 is 1.00 bits per heavy atom. The van der Waals surface area contributed by atoms with Crippen molar-refractivity contribution in [1.29, 1.82) is 0 Å². The molecule has 1 N–H and O–H groups in total. The highest BCUT2D eigenvalue weighted by Gasteiger charge is 2.45. The van der Waals surface area contributed by atoms with Crippen LogP contribution in [0.15, 0.2) is 40.9 Å². The van der Waals surface area contributed by atoms with Gasteiger partial charge in [0.15, 0.2) is 11.6 Å². The number of benzene rings is 1. The fourth-order valence-corrected chi connectivity index (χ4v) is 4.89. The summed E-state index contributed by atoms with van der Waals surface area (Å²) in [6.45, 7) is 11.1. The molecule has 4 rings (SSSR count). The molecule has 0 saturated heterocycles. The predicted molar refractivity (Wildman–Crippen MR) is 147 cm³/mol. The average molecular weight is 520 g/mol. The monoisotopic (exact) mass is 518 g/mol. The summed E-state index contributed by atoms with van der Waals surface area (Å²) in [7, 11) is 0. The smallest absolute Gasteiger partial charge is 0.191 e. The van der Waals surface area contributed by atoms with Crippen molar-refractivity contribution in [3.8, 4) is 11.4 Å². The number of ketones is 2. The minimum absolute atomic E-state index is 0. The maximum Gasteiger partial charge on any atom is 0.191 e. The van der Waals surface area contributed by atoms with Crippen molar-refractivity contribution in [2.75, 3.05) is 19.6 Å². The number of Topliss-reactive ketones (excluding diaryl/α,β-unsaturated/α-hetero) is 2. The lowest BCUT2D eigenvalue weighted by atomic mass is 9.73. The Kier molecular flexibility index (Phi) is 10.0. The minimum Gasteiger partial charge on any atom is -0.337 e. The number of hydrogen-bond acceptors (Lipinski definition) is 5. The molecule has 1 aromatic carbocycles. The van der Waals surface area contributed by atoms with E-state index in [2.05, 4.69) is 33.7 Å². The number of halogens is 2. The van der Waals surface area contributed by atoms with Gasteiger partial charge in [-0.3, -0.25) is 14.6 Å². The molecule has 1 atom stereocenters. The van der Waals surface area contributed by atoms with Crippen molar-refractivity contribution in [3.63, 3.8) is 0 Å². The molecular formula is C27H36Cl2N4O2. The molecule has 2 heterocycles. The van der Waals surface area contributed by atoms with Crippen LogP contribution in [0.4, 0.5) is 0 Å². The van der Waals surface area contributed by atoms with Crippen LogP contribution in [0, 0.1) is 5.92 Å². The Morgan fingerprint density at radius 2 is 1.66 bits per heavy atom. The summed E-state index contributed by atoms with van der Waals surface area (Å²) in [4.78, 5) is 42.1. The maximum atomic E-state index is 13.7. The number of fused-ring (bicyclic) bond motifs is 2. The first kappa shape index (κ1) is 29.0. The molecular weight excluding hydrogens is 483 g/mol. The number of allylic oxidation sites excluding steroid dienone is 1. The van der Waals surface area contributed by atoms with Gasteiger partial charge in [-0.15, -0.1) is 24.8 Å². The summed E-state index contributed by atoms with van der Waals surface area (Å²) < 4.78 is 0. The zero-order chi connectivity index (χ0) is 23.6. The molecule has 8 heteroatoms. The molecule has 0 amide bonds. The number of H-pyrrole nitrogens is 1. The first-order chi connectivity index (χ1) is 15.9. The van der Waals surface area contributed by atoms with Crippen LogP contribution in [0.3, 0.4) is 0 Å². The molecule has 1 aliphatic heterocycles. The number of hydrogen-bond donors (Lipinski definition) is 1. The molecule has 2 aromatic rings. The first-order valence-corrected chi connectivity index (χ1v) is 12.1. The molecule has 2 aliphatic rings. The minimum atomic E-state index is -0.854. The van der Waals surface area contributed by atoms with E-state index in [1.54, 1.807) is 6.21 Å². The van der Waals surface area contributed by atoms with Gasteiger partial charge in [0.25, 0.3) is 0 Å². The van der Waals surface area contributed by atoms with Crippen molar-refractivity contribution in [1.82, 2.24) is 14.9 Å². The summed E-state index contributed by atoms with van der Waals surface area (Å²) in [5.74, 6) is 0.0604. The molecule has 1 unspecified atom stereocenters. The molecule has 0 fully saturated rings. The number of nitrogens with one attached hydrogen (secondary N) is 1. The van der Waals surface area contributed by atoms with Crippen LogP contribution in [0.1, 0.15) is 69.6 Å². The van der Waals surface area contributed by atoms with Crippen LogP contribution in [-0.2, 0) is 4.79 Å². The second kappa shape index (κ2) is 12.1. The van der Waals surface area contributed by atoms with Crippen LogP contribution in [0.5, 0.6) is 0 Å². The van der Waals surface area contributed by atoms with Crippen LogP contribution < -0.4 is 0 Å². The highest BCUT2D eigenvalue weighted by atomic mass is 35.5. The van der Waals surface area contributed by atoms with Crippen LogP contribution in [-0.4, -0.2) is 57.8 Å². The van der Waals surface area contributed by atoms with E-state index in [9.17, 15) is 9.59 Å². The zero-order valence-electron chi connectivity index (χ0n) is 21.0. The molecule has 0 saturated carbocycles. The number of nitrogens with zero attached hydrogens (tertiary/aromatic N) is 3. The number of carbonyl (C=O) groups is 2. The normalized spacial score (nSPS) is 18.1. The third-order valence-corrected chi connectivity index (χ3v) is 6.57. The summed E-state index contributed by atoms with van der Waals surface area (Å²) in [6.07, 6.45) is 5.50. The van der Waals surface area contributed by atoms with Crippen molar-refractivity contribution < 1.29 is 9.59 Å². The highest BCUT2D eigenvalue weighted by Crippen LogP contribution is 2.41. The van der Waals surface area contributed by atoms with Gasteiger partial charge in [-0.25, -0.2) is 4.98 Å². The highest BCUT2D eigenvalue weighted by molar-refractivity contribution is 6.30. The number of imidazole rings is 1. The number of aliphatic imine (C=N–C) groups is 1. The topological polar surface area (TPSA) is 78.4 Å². The van der Waals surface area contributed by atoms with Gasteiger partial charge in [0.2, 0.25) is 0 Å². The van der Waals surface area contributed by atoms with E-state index in [0.717, 1.165) is 50.0 Å². The second-order valence-electron chi connectivity index (χ2n) is 9.55. The molecule has 1 aliphatic carbocycles. The quantitative estimate of drug-likeness (QED) is 0.453. The first-order valence-electron chi connectivity index (χ1n) is 12.1. The molecule has 0 bridgehead atoms. The van der Waals surface area contributed by atoms with Gasteiger partial charge in [0, 0.05) is 22.9 Å². The van der Waals surface area contributed by atoms with Gasteiger partial charge in [-0.1, -0.05) is 44.2 Å². The van der Waals surface area contributed by atoms with E-state index in [1.807, 2.05) is 44.2 Å². The second-order valence-corrected chi connectivity index (χ2v) is 9.55. The van der Waals surface area contributed by atoms with Gasteiger partial charge in [0.05, 0.1) is 11.6 Å². The number of carbonyl (C=O) groups excluding carboxylic acids is 2. The van der Waals surface area contributed by atoms with E-state index < -0.39 is 11.5 Å². The third kappa shape index (κ3) is 5.76. The van der Waals surface area contributed by atoms with Crippen LogP contribution >= 0.6 is 24.8 Å². The molecule has 0 radical (unpaired) electrons. The number of rotatable bonds is 9. The standard InChI is InChI=1S/C27H34N4O2.2ClH/c1-5-14-31(15-6-2)16-10-13-19-21-20(17-28-27(3,4)25(21)33)22-23(24(19)32)30-26(29-22)18-11-8-7-9-12-18;;/h7-9,11-12,17,19H,5-6,10,13-16H2,1-4H3,(H,29,30);2*1H. The lowest BCUT2D eigenvalue weighted by Crippen LogP contribution is -2.41. The summed E-state index contributed by atoms with van der Waals surface area (Å²) in [6, 6.07) is 9.75. The van der Waals surface area contributed by atoms with Crippen LogP contribution in [0.2, 0.25) is 0 Å². The SMILES string of the molecule is CCCN(CCC)CCCC1C(=O)c2nc(-c3ccccc3)[nH]c2C2=C1C(=O)C(C)(C)N=C2.Cl.Cl. The van der Waals surface area contributed by atoms with Gasteiger partial charge in [0.1, 0.15) is 17.1 Å². The summed E-state index contributed by atoms with van der Waals surface area (Å²) in [5, 5.41) is 0. The average Bonchev–Trinajstić information content (AvgIpc) is 3.25. The van der Waals surface area contributed by atoms with Gasteiger partial charge in [-0.05, 0) is 59.2 Å². The van der Waals surface area contributed by atoms with Crippen molar-refractivity contribution >= 4 is 48.2 Å². The number of dihydropyridines is 1. The molecule has 6 nitrogen and oxygen atoms in total. The Morgan fingerprint density at radius 3 is 2.29 bits per heavy atom. The van der Waals surface area contributed by atoms with Gasteiger partial charge in [-0.2, -0.15) is 0 Å². The predicted octanol–water partition coefficient (Wildman–Crippen LogP) is 5.82. The summed E-state index contributed by atoms with van der Waals surface area (Å²) in [5.41, 5.74) is 2.44. The molecule has 190 valence electrons. The van der Waals surface area contributed by atoms with Gasteiger partial charge < -0.3 is 9.88 Å². The van der Waals surface area contributed by atoms with Crippen molar-refractivity contribution in [3.05, 3.63) is 47.3 Å². The van der Waals surface area contributed by atoms with E-state index in [0.29, 0.717) is 29.2 Å². The number of aromatic amines is 1. The molecule has 0 spiro atoms. The van der Waals surface area contributed by atoms with E-state index >= 15 is 0 Å². The van der Waals surface area contributed by atoms with E-state index in [-0.39, 0.29) is 36.4 Å². The lowest BCUT2D eigenvalue weighted by molar-refractivity contribution is -0.119. The van der Waals surface area contributed by atoms with Crippen LogP contribution in [0.25, 0.3) is 17.0 Å². The van der Waals surface area contributed by atoms with Crippen molar-refractivity contribution in [2.45, 2.75) is 58.9 Å². The molecule has 35 heavy (non-hydrogen) atoms. The van der Waals surface area contributed by atoms with Gasteiger partial charge >= 0.3 is 0 Å². The van der Waals surface area contributed by atoms with E-state index in [1.165, 1.54) is 0 Å². The zero-order valence-corrected chi connectivity index (χ0v) is 22.6. The van der Waals surface area contributed by atoms with Crippen molar-refractivity contribution in [2.24, 2.45) is 10.9 Å². The Labute approximate surface area is 220 Å². The molecule has 1 aromatic heterocycles. The maximum absolute atomic E-state index is 13.7. The third-order valence-electron chi connectivity index (χ3n) is 6.57. The largest absolute Gasteiger partial charge is 0.337 e. The van der Waals surface area contributed by atoms with E-state index in [4.69, 9.17) is 0 Å². The Balaban J connectivity index is 0.00000216. The lowest BCUT2D eigenvalue weighted by Gasteiger charge is -2.32. The number of aromatic nitrogens is 2. The summed E-state index contributed by atoms with van der Waals surface area (Å²) >= 11 is 0.